The number of nitrogens with one attached hydrogen (secondary N) is 2. The first-order chi connectivity index (χ1) is 30.0. The number of aryl methyl sites for hydroxylation is 1. The summed E-state index contributed by atoms with van der Waals surface area (Å²) in [6, 6.07) is 11.9. The third kappa shape index (κ3) is 7.77. The molecule has 0 radical (unpaired) electrons. The second-order valence-electron chi connectivity index (χ2n) is 18.6. The highest BCUT2D eigenvalue weighted by Gasteiger charge is 2.57. The summed E-state index contributed by atoms with van der Waals surface area (Å²) in [5.41, 5.74) is 1.35. The molecule has 1 aliphatic carbocycles. The number of rotatable bonds is 8. The molecule has 4 aliphatic rings. The summed E-state index contributed by atoms with van der Waals surface area (Å²) in [6.45, 7) is 5.09. The summed E-state index contributed by atoms with van der Waals surface area (Å²) in [4.78, 5) is 59.3. The lowest BCUT2D eigenvalue weighted by Gasteiger charge is -2.52. The van der Waals surface area contributed by atoms with Crippen molar-refractivity contribution < 1.29 is 28.3 Å². The Morgan fingerprint density at radius 3 is 2.48 bits per heavy atom. The number of nitrogens with zero attached hydrogens (tertiary/aromatic N) is 8. The van der Waals surface area contributed by atoms with Crippen molar-refractivity contribution in [3.8, 4) is 6.07 Å². The Balaban J connectivity index is 0.818. The highest BCUT2D eigenvalue weighted by Crippen LogP contribution is 2.52. The van der Waals surface area contributed by atoms with E-state index in [0.717, 1.165) is 36.8 Å². The number of benzene rings is 2. The van der Waals surface area contributed by atoms with E-state index in [-0.39, 0.29) is 54.1 Å². The fourth-order valence-corrected chi connectivity index (χ4v) is 10.6. The standard InChI is InChI=1S/C46H52F2N10O5/c1-44(2,63)33-21-34-31(20-35(33)51-41(60)30-19-29(22-49)23-50-24-30)26-57(53-34)32-9-7-28(8-10-32)25-55-16-13-45(46(47,48)27-55)14-17-56(18-15-45)36-5-4-6-37-40(36)54(3)43(62)58(37)38-11-12-39(59)52-42(38)61/h4-6,19-21,23-24,26,28,32,38,63H,7-18,25,27H2,1-3H3,(H,51,60)(H,52,59,61)/t28?,32?,38-/m0/s1. The van der Waals surface area contributed by atoms with Gasteiger partial charge in [0.05, 0.1) is 51.6 Å². The number of imidazole rings is 1. The fraction of sp³-hybridized carbons (Fsp3) is 0.500. The normalized spacial score (nSPS) is 22.9. The summed E-state index contributed by atoms with van der Waals surface area (Å²) in [6.07, 6.45) is 9.63. The maximum Gasteiger partial charge on any atom is 0.329 e. The van der Waals surface area contributed by atoms with Crippen LogP contribution in [0.5, 0.6) is 0 Å². The monoisotopic (exact) mass is 862 g/mol. The number of carbonyl (C=O) groups excluding carboxylic acids is 3. The summed E-state index contributed by atoms with van der Waals surface area (Å²) >= 11 is 0. The molecule has 17 heteroatoms. The highest BCUT2D eigenvalue weighted by molar-refractivity contribution is 6.06. The summed E-state index contributed by atoms with van der Waals surface area (Å²) in [7, 11) is 1.66. The Labute approximate surface area is 362 Å². The van der Waals surface area contributed by atoms with Crippen LogP contribution in [0.15, 0.2) is 59.8 Å². The van der Waals surface area contributed by atoms with Crippen molar-refractivity contribution >= 4 is 51.0 Å². The molecule has 1 saturated carbocycles. The minimum atomic E-state index is -2.87. The van der Waals surface area contributed by atoms with Gasteiger partial charge < -0.3 is 15.3 Å². The molecule has 1 spiro atoms. The van der Waals surface area contributed by atoms with Crippen molar-refractivity contribution in [2.24, 2.45) is 18.4 Å². The van der Waals surface area contributed by atoms with Crippen LogP contribution in [0.1, 0.15) is 105 Å². The summed E-state index contributed by atoms with van der Waals surface area (Å²) < 4.78 is 37.7. The van der Waals surface area contributed by atoms with E-state index in [4.69, 9.17) is 5.10 Å². The molecule has 3 amide bonds. The van der Waals surface area contributed by atoms with Crippen LogP contribution in [-0.2, 0) is 22.2 Å². The van der Waals surface area contributed by atoms with Gasteiger partial charge in [-0.2, -0.15) is 10.4 Å². The topological polar surface area (TPSA) is 183 Å². The zero-order valence-electron chi connectivity index (χ0n) is 35.7. The van der Waals surface area contributed by atoms with Gasteiger partial charge in [-0.25, -0.2) is 13.6 Å². The fourth-order valence-electron chi connectivity index (χ4n) is 10.6. The number of pyridine rings is 1. The number of nitriles is 1. The molecule has 0 bridgehead atoms. The van der Waals surface area contributed by atoms with E-state index in [2.05, 4.69) is 20.5 Å². The molecule has 3 N–H and O–H groups in total. The molecule has 63 heavy (non-hydrogen) atoms. The third-order valence-corrected chi connectivity index (χ3v) is 14.2. The molecule has 3 aliphatic heterocycles. The highest BCUT2D eigenvalue weighted by atomic mass is 19.3. The van der Waals surface area contributed by atoms with Crippen LogP contribution in [0.2, 0.25) is 0 Å². The zero-order chi connectivity index (χ0) is 44.4. The van der Waals surface area contributed by atoms with Crippen LogP contribution < -0.4 is 21.2 Å². The van der Waals surface area contributed by atoms with Crippen molar-refractivity contribution in [1.29, 1.82) is 5.26 Å². The van der Waals surface area contributed by atoms with Gasteiger partial charge in [-0.05, 0) is 108 Å². The Bertz CT molecular complexity index is 2730. The molecule has 0 unspecified atom stereocenters. The molecular weight excluding hydrogens is 811 g/mol. The van der Waals surface area contributed by atoms with Crippen molar-refractivity contribution in [3.05, 3.63) is 82.2 Å². The van der Waals surface area contributed by atoms with Crippen LogP contribution in [0.25, 0.3) is 21.9 Å². The van der Waals surface area contributed by atoms with Crippen LogP contribution in [0.3, 0.4) is 0 Å². The number of alkyl halides is 2. The maximum absolute atomic E-state index is 16.4. The molecule has 6 heterocycles. The van der Waals surface area contributed by atoms with Crippen LogP contribution in [0.4, 0.5) is 20.2 Å². The summed E-state index contributed by atoms with van der Waals surface area (Å²) in [5.74, 6) is -3.89. The lowest BCUT2D eigenvalue weighted by atomic mass is 9.68. The number of likely N-dealkylation sites (tertiary alicyclic amines) is 1. The van der Waals surface area contributed by atoms with Crippen molar-refractivity contribution in [3.63, 3.8) is 0 Å². The van der Waals surface area contributed by atoms with Gasteiger partial charge in [-0.1, -0.05) is 6.07 Å². The first-order valence-corrected chi connectivity index (χ1v) is 21.9. The molecule has 1 atom stereocenters. The lowest BCUT2D eigenvalue weighted by Crippen LogP contribution is -2.59. The lowest BCUT2D eigenvalue weighted by molar-refractivity contribution is -0.179. The van der Waals surface area contributed by atoms with Crippen LogP contribution in [0, 0.1) is 22.7 Å². The number of piperidine rings is 3. The number of carbonyl (C=O) groups is 3. The number of imide groups is 1. The van der Waals surface area contributed by atoms with E-state index >= 15 is 8.78 Å². The van der Waals surface area contributed by atoms with E-state index in [0.29, 0.717) is 73.2 Å². The average molecular weight is 863 g/mol. The number of anilines is 2. The largest absolute Gasteiger partial charge is 0.386 e. The van der Waals surface area contributed by atoms with Gasteiger partial charge in [0.2, 0.25) is 11.8 Å². The predicted octanol–water partition coefficient (Wildman–Crippen LogP) is 5.77. The number of aromatic nitrogens is 5. The number of hydrogen-bond donors (Lipinski definition) is 3. The molecule has 3 saturated heterocycles. The Morgan fingerprint density at radius 1 is 1.03 bits per heavy atom. The molecule has 330 valence electrons. The SMILES string of the molecule is Cn1c(=O)n([C@H]2CCC(=O)NC2=O)c2cccc(N3CCC4(CCN(CC5CCC(n6cc7cc(NC(=O)c8cncc(C#N)c8)c(C(C)(C)O)cc7n6)CC5)CC4(F)F)CC3)c21. The average Bonchev–Trinajstić information content (AvgIpc) is 3.79. The number of amides is 3. The van der Waals surface area contributed by atoms with Gasteiger partial charge in [-0.15, -0.1) is 0 Å². The number of para-hydroxylation sites is 1. The Hall–Kier alpha value is -5.99. The van der Waals surface area contributed by atoms with Crippen molar-refractivity contribution in [2.45, 2.75) is 95.2 Å². The third-order valence-electron chi connectivity index (χ3n) is 14.2. The first-order valence-electron chi connectivity index (χ1n) is 21.9. The minimum absolute atomic E-state index is 0.123. The molecule has 4 fully saturated rings. The molecule has 3 aromatic heterocycles. The number of halogens is 2. The second-order valence-corrected chi connectivity index (χ2v) is 18.6. The number of aliphatic hydroxyl groups is 1. The predicted molar refractivity (Wildman–Crippen MR) is 231 cm³/mol. The molecule has 5 aromatic rings. The molecule has 9 rings (SSSR count). The molecule has 2 aromatic carbocycles. The van der Waals surface area contributed by atoms with Gasteiger partial charge in [0.15, 0.2) is 0 Å². The number of hydrogen-bond acceptors (Lipinski definition) is 10. The minimum Gasteiger partial charge on any atom is -0.386 e. The first kappa shape index (κ1) is 42.3. The molecule has 15 nitrogen and oxygen atoms in total. The van der Waals surface area contributed by atoms with Gasteiger partial charge in [0.1, 0.15) is 12.1 Å². The number of fused-ring (bicyclic) bond motifs is 2. The Kier molecular flexibility index (Phi) is 10.7. The van der Waals surface area contributed by atoms with Crippen molar-refractivity contribution in [1.82, 2.24) is 34.1 Å². The van der Waals surface area contributed by atoms with E-state index in [1.54, 1.807) is 39.1 Å². The Morgan fingerprint density at radius 2 is 1.78 bits per heavy atom. The van der Waals surface area contributed by atoms with Gasteiger partial charge in [-0.3, -0.25) is 43.4 Å². The maximum atomic E-state index is 16.4. The quantitative estimate of drug-likeness (QED) is 0.162. The summed E-state index contributed by atoms with van der Waals surface area (Å²) in [5, 5.41) is 31.2. The van der Waals surface area contributed by atoms with E-state index in [1.807, 2.05) is 34.0 Å². The van der Waals surface area contributed by atoms with E-state index in [1.165, 1.54) is 27.6 Å². The molecular formula is C46H52F2N10O5. The van der Waals surface area contributed by atoms with Crippen LogP contribution in [-0.4, -0.2) is 90.3 Å². The second kappa shape index (κ2) is 16.0. The van der Waals surface area contributed by atoms with Gasteiger partial charge in [0.25, 0.3) is 11.8 Å². The van der Waals surface area contributed by atoms with E-state index < -0.39 is 34.8 Å². The smallest absolute Gasteiger partial charge is 0.329 e. The van der Waals surface area contributed by atoms with Gasteiger partial charge >= 0.3 is 5.69 Å². The van der Waals surface area contributed by atoms with Crippen molar-refractivity contribution in [2.75, 3.05) is 42.9 Å². The van der Waals surface area contributed by atoms with E-state index in [9.17, 15) is 29.5 Å². The van der Waals surface area contributed by atoms with Crippen LogP contribution >= 0.6 is 0 Å². The van der Waals surface area contributed by atoms with Gasteiger partial charge in [0, 0.05) is 73.7 Å². The zero-order valence-corrected chi connectivity index (χ0v) is 35.7.